The summed E-state index contributed by atoms with van der Waals surface area (Å²) in [5, 5.41) is 5.83. The summed E-state index contributed by atoms with van der Waals surface area (Å²) in [6.07, 6.45) is 16.5. The zero-order valence-corrected chi connectivity index (χ0v) is 36.2. The van der Waals surface area contributed by atoms with Crippen molar-refractivity contribution in [1.82, 2.24) is 45.3 Å². The van der Waals surface area contributed by atoms with Crippen molar-refractivity contribution in [2.75, 3.05) is 33.3 Å². The maximum Gasteiger partial charge on any atom is 0.407 e. The summed E-state index contributed by atoms with van der Waals surface area (Å²) in [6.45, 7) is 10.6. The number of hydrogen-bond donors (Lipinski definition) is 4. The molecule has 9 rings (SSSR count). The van der Waals surface area contributed by atoms with Crippen molar-refractivity contribution in [2.24, 2.45) is 11.8 Å². The standard InChI is InChI=1S/C46H65N9O5/c1-29(2)37(51-43(58)53-23-7-6-8-24-53)41(56)54-25-9-11-34(54)39-47-27-33(49-39)31-13-15-32(16-14-31)45-17-20-46(21-18-45,22-19-45)36-28-48-40(50-36)35-12-10-26-55(35)42(57)38(30(3)4)52-44(59)60-5/h13-16,27-30,34-35,37-38H,6-12,17-26H2,1-5H3,(H,47,49)(H,48,50)(H,51,58)(H,52,59)/t34-,35-,37-,38-,45?,46?/m0/s1. The second-order valence-corrected chi connectivity index (χ2v) is 19.0. The van der Waals surface area contributed by atoms with Gasteiger partial charge >= 0.3 is 12.1 Å². The highest BCUT2D eigenvalue weighted by atomic mass is 16.5. The highest BCUT2D eigenvalue weighted by Gasteiger charge is 2.51. The molecule has 4 atom stereocenters. The largest absolute Gasteiger partial charge is 0.453 e. The number of carbonyl (C=O) groups excluding carboxylic acids is 4. The number of benzene rings is 1. The Morgan fingerprint density at radius 1 is 0.683 bits per heavy atom. The Bertz CT molecular complexity index is 1990. The lowest BCUT2D eigenvalue weighted by Crippen LogP contribution is -2.55. The van der Waals surface area contributed by atoms with Crippen LogP contribution in [0.15, 0.2) is 36.7 Å². The molecule has 14 nitrogen and oxygen atoms in total. The van der Waals surface area contributed by atoms with Crippen molar-refractivity contribution < 1.29 is 23.9 Å². The van der Waals surface area contributed by atoms with Gasteiger partial charge in [-0.2, -0.15) is 0 Å². The Balaban J connectivity index is 0.897. The van der Waals surface area contributed by atoms with Crippen molar-refractivity contribution in [1.29, 1.82) is 0 Å². The number of aromatic nitrogens is 4. The van der Waals surface area contributed by atoms with Gasteiger partial charge in [0.25, 0.3) is 0 Å². The van der Waals surface area contributed by atoms with Gasteiger partial charge < -0.3 is 40.0 Å². The number of methoxy groups -OCH3 is 1. The van der Waals surface area contributed by atoms with Gasteiger partial charge in [0.2, 0.25) is 11.8 Å². The fourth-order valence-electron chi connectivity index (χ4n) is 11.0. The zero-order chi connectivity index (χ0) is 42.2. The Hall–Kier alpha value is -4.88. The van der Waals surface area contributed by atoms with E-state index in [0.717, 1.165) is 119 Å². The fourth-order valence-corrected chi connectivity index (χ4v) is 11.0. The Morgan fingerprint density at radius 2 is 1.22 bits per heavy atom. The van der Waals surface area contributed by atoms with E-state index in [-0.39, 0.29) is 52.6 Å². The second kappa shape index (κ2) is 17.2. The molecule has 3 aliphatic carbocycles. The number of amides is 5. The molecular weight excluding hydrogens is 759 g/mol. The van der Waals surface area contributed by atoms with Crippen molar-refractivity contribution in [3.8, 4) is 11.3 Å². The SMILES string of the molecule is COC(=O)N[C@H](C(=O)N1CCC[C@H]1c1ncc(C23CCC(c4ccc(-c5cnc([C@@H]6CCCN6C(=O)[C@@H](NC(=O)N6CCCCC6)C(C)C)[nH]5)cc4)(CC2)CC3)[nH]1)C(C)C. The van der Waals surface area contributed by atoms with Crippen LogP contribution in [0.2, 0.25) is 0 Å². The highest BCUT2D eigenvalue weighted by molar-refractivity contribution is 5.88. The lowest BCUT2D eigenvalue weighted by atomic mass is 9.51. The minimum absolute atomic E-state index is 0.0322. The summed E-state index contributed by atoms with van der Waals surface area (Å²) in [4.78, 5) is 75.5. The molecule has 5 amide bonds. The maximum atomic E-state index is 14.0. The minimum Gasteiger partial charge on any atom is -0.453 e. The molecule has 3 saturated carbocycles. The molecule has 3 aromatic rings. The molecule has 60 heavy (non-hydrogen) atoms. The van der Waals surface area contributed by atoms with E-state index in [2.05, 4.69) is 44.9 Å². The predicted octanol–water partition coefficient (Wildman–Crippen LogP) is 7.27. The Labute approximate surface area is 354 Å². The molecule has 2 bridgehead atoms. The van der Waals surface area contributed by atoms with Crippen LogP contribution in [0.3, 0.4) is 0 Å². The van der Waals surface area contributed by atoms with Gasteiger partial charge in [0.15, 0.2) is 0 Å². The lowest BCUT2D eigenvalue weighted by molar-refractivity contribution is -0.136. The number of rotatable bonds is 11. The smallest absolute Gasteiger partial charge is 0.407 e. The number of likely N-dealkylation sites (tertiary alicyclic amines) is 3. The molecule has 6 fully saturated rings. The number of nitrogens with zero attached hydrogens (tertiary/aromatic N) is 5. The van der Waals surface area contributed by atoms with E-state index in [1.54, 1.807) is 0 Å². The van der Waals surface area contributed by atoms with Crippen molar-refractivity contribution >= 4 is 23.9 Å². The van der Waals surface area contributed by atoms with Crippen molar-refractivity contribution in [3.05, 3.63) is 59.6 Å². The first-order valence-electron chi connectivity index (χ1n) is 22.6. The summed E-state index contributed by atoms with van der Waals surface area (Å²) in [7, 11) is 1.31. The number of ether oxygens (including phenoxy) is 1. The molecule has 3 aliphatic heterocycles. The summed E-state index contributed by atoms with van der Waals surface area (Å²) < 4.78 is 4.81. The van der Waals surface area contributed by atoms with Crippen LogP contribution in [0, 0.1) is 11.8 Å². The van der Waals surface area contributed by atoms with Crippen LogP contribution >= 0.6 is 0 Å². The summed E-state index contributed by atoms with van der Waals surface area (Å²) in [5.74, 6) is 1.40. The average molecular weight is 824 g/mol. The van der Waals surface area contributed by atoms with E-state index in [0.29, 0.717) is 13.1 Å². The van der Waals surface area contributed by atoms with Crippen molar-refractivity contribution in [2.45, 2.75) is 146 Å². The Kier molecular flexibility index (Phi) is 12.0. The van der Waals surface area contributed by atoms with Gasteiger partial charge in [-0.1, -0.05) is 52.0 Å². The maximum absolute atomic E-state index is 14.0. The molecule has 2 aromatic heterocycles. The van der Waals surface area contributed by atoms with Gasteiger partial charge in [-0.25, -0.2) is 19.6 Å². The zero-order valence-electron chi connectivity index (χ0n) is 36.2. The van der Waals surface area contributed by atoms with Crippen LogP contribution in [0.4, 0.5) is 9.59 Å². The van der Waals surface area contributed by atoms with Crippen LogP contribution in [0.25, 0.3) is 11.3 Å². The topological polar surface area (TPSA) is 169 Å². The van der Waals surface area contributed by atoms with Gasteiger partial charge in [0.1, 0.15) is 23.7 Å². The van der Waals surface area contributed by atoms with E-state index >= 15 is 0 Å². The van der Waals surface area contributed by atoms with Gasteiger partial charge in [0, 0.05) is 43.5 Å². The van der Waals surface area contributed by atoms with Gasteiger partial charge in [-0.05, 0) is 112 Å². The van der Waals surface area contributed by atoms with Gasteiger partial charge in [0.05, 0.1) is 31.1 Å². The molecule has 4 N–H and O–H groups in total. The van der Waals surface area contributed by atoms with E-state index in [1.165, 1.54) is 18.4 Å². The average Bonchev–Trinajstić information content (AvgIpc) is 4.12. The summed E-state index contributed by atoms with van der Waals surface area (Å²) in [6, 6.07) is 7.36. The first kappa shape index (κ1) is 41.8. The summed E-state index contributed by atoms with van der Waals surface area (Å²) in [5.41, 5.74) is 4.80. The van der Waals surface area contributed by atoms with Crippen LogP contribution < -0.4 is 10.6 Å². The molecule has 0 spiro atoms. The van der Waals surface area contributed by atoms with Gasteiger partial charge in [-0.15, -0.1) is 0 Å². The first-order valence-corrected chi connectivity index (χ1v) is 22.6. The van der Waals surface area contributed by atoms with E-state index < -0.39 is 18.2 Å². The molecule has 6 aliphatic rings. The third-order valence-corrected chi connectivity index (χ3v) is 14.8. The number of imidazole rings is 2. The number of hydrogen-bond acceptors (Lipinski definition) is 7. The molecule has 5 heterocycles. The van der Waals surface area contributed by atoms with Crippen LogP contribution in [-0.2, 0) is 25.2 Å². The number of aromatic amines is 2. The van der Waals surface area contributed by atoms with Crippen LogP contribution in [0.5, 0.6) is 0 Å². The molecule has 0 radical (unpaired) electrons. The first-order chi connectivity index (χ1) is 28.9. The monoisotopic (exact) mass is 824 g/mol. The number of H-pyrrole nitrogens is 2. The molecule has 0 unspecified atom stereocenters. The number of piperidine rings is 1. The van der Waals surface area contributed by atoms with E-state index in [9.17, 15) is 19.2 Å². The minimum atomic E-state index is -0.656. The fraction of sp³-hybridized carbons (Fsp3) is 0.652. The number of fused-ring (bicyclic) bond motifs is 3. The third kappa shape index (κ3) is 8.02. The number of alkyl carbamates (subject to hydrolysis) is 1. The Morgan fingerprint density at radius 3 is 1.78 bits per heavy atom. The third-order valence-electron chi connectivity index (χ3n) is 14.8. The van der Waals surface area contributed by atoms with E-state index in [4.69, 9.17) is 14.7 Å². The molecular formula is C46H65N9O5. The number of carbonyl (C=O) groups is 4. The number of urea groups is 1. The second-order valence-electron chi connectivity index (χ2n) is 19.0. The number of nitrogens with one attached hydrogen (secondary N) is 4. The quantitative estimate of drug-likeness (QED) is 0.158. The summed E-state index contributed by atoms with van der Waals surface area (Å²) >= 11 is 0. The van der Waals surface area contributed by atoms with Gasteiger partial charge in [-0.3, -0.25) is 9.59 Å². The van der Waals surface area contributed by atoms with E-state index in [1.807, 2.05) is 54.8 Å². The predicted molar refractivity (Wildman–Crippen MR) is 228 cm³/mol. The van der Waals surface area contributed by atoms with Crippen LogP contribution in [0.1, 0.15) is 146 Å². The molecule has 3 saturated heterocycles. The molecule has 14 heteroatoms. The molecule has 1 aromatic carbocycles. The van der Waals surface area contributed by atoms with Crippen molar-refractivity contribution in [3.63, 3.8) is 0 Å². The normalized spacial score (nSPS) is 26.4. The lowest BCUT2D eigenvalue weighted by Gasteiger charge is -2.53. The van der Waals surface area contributed by atoms with Crippen LogP contribution in [-0.4, -0.2) is 104 Å². The molecule has 324 valence electrons. The highest BCUT2D eigenvalue weighted by Crippen LogP contribution is 2.58.